The molecule has 0 aliphatic carbocycles. The maximum Gasteiger partial charge on any atom is 0.118 e. The minimum absolute atomic E-state index is 0.0623. The number of aliphatic hydroxyl groups is 1. The van der Waals surface area contributed by atoms with Gasteiger partial charge >= 0.3 is 0 Å². The highest BCUT2D eigenvalue weighted by molar-refractivity contribution is 5.31. The molecule has 102 valence electrons. The SMILES string of the molecule is COc1ccc(C(C)(CO)NCCN(C)C)cc1. The summed E-state index contributed by atoms with van der Waals surface area (Å²) in [5, 5.41) is 13.0. The Bertz CT molecular complexity index is 351. The van der Waals surface area contributed by atoms with Crippen LogP contribution in [0, 0.1) is 0 Å². The number of aliphatic hydroxyl groups excluding tert-OH is 1. The summed E-state index contributed by atoms with van der Waals surface area (Å²) in [6, 6.07) is 7.79. The predicted molar refractivity (Wildman–Crippen MR) is 74.0 cm³/mol. The molecule has 1 atom stereocenters. The Morgan fingerprint density at radius 3 is 2.33 bits per heavy atom. The molecule has 4 nitrogen and oxygen atoms in total. The van der Waals surface area contributed by atoms with Crippen LogP contribution in [-0.4, -0.2) is 50.9 Å². The number of rotatable bonds is 7. The van der Waals surface area contributed by atoms with Crippen molar-refractivity contribution < 1.29 is 9.84 Å². The molecule has 0 amide bonds. The molecule has 1 aromatic carbocycles. The molecule has 0 heterocycles. The number of hydrogen-bond acceptors (Lipinski definition) is 4. The second-order valence-corrected chi connectivity index (χ2v) is 4.95. The fourth-order valence-electron chi connectivity index (χ4n) is 1.76. The summed E-state index contributed by atoms with van der Waals surface area (Å²) >= 11 is 0. The molecule has 0 spiro atoms. The zero-order chi connectivity index (χ0) is 13.6. The van der Waals surface area contributed by atoms with E-state index in [2.05, 4.69) is 10.2 Å². The molecule has 0 fully saturated rings. The van der Waals surface area contributed by atoms with E-state index in [1.807, 2.05) is 45.3 Å². The third-order valence-electron chi connectivity index (χ3n) is 3.12. The highest BCUT2D eigenvalue weighted by Gasteiger charge is 2.24. The van der Waals surface area contributed by atoms with E-state index in [9.17, 15) is 5.11 Å². The summed E-state index contributed by atoms with van der Waals surface area (Å²) in [7, 11) is 5.71. The second-order valence-electron chi connectivity index (χ2n) is 4.95. The number of ether oxygens (including phenoxy) is 1. The third-order valence-corrected chi connectivity index (χ3v) is 3.12. The van der Waals surface area contributed by atoms with Crippen LogP contribution in [0.5, 0.6) is 5.75 Å². The van der Waals surface area contributed by atoms with Crippen LogP contribution in [0.15, 0.2) is 24.3 Å². The standard InChI is InChI=1S/C14H24N2O2/c1-14(11-17,15-9-10-16(2)3)12-5-7-13(18-4)8-6-12/h5-8,15,17H,9-11H2,1-4H3. The van der Waals surface area contributed by atoms with Crippen molar-refractivity contribution in [2.75, 3.05) is 40.9 Å². The molecule has 1 aromatic rings. The Labute approximate surface area is 110 Å². The lowest BCUT2D eigenvalue weighted by Gasteiger charge is -2.30. The van der Waals surface area contributed by atoms with Gasteiger partial charge in [-0.2, -0.15) is 0 Å². The number of benzene rings is 1. The van der Waals surface area contributed by atoms with Crippen molar-refractivity contribution in [3.63, 3.8) is 0 Å². The van der Waals surface area contributed by atoms with Gasteiger partial charge in [0.25, 0.3) is 0 Å². The molecule has 2 N–H and O–H groups in total. The van der Waals surface area contributed by atoms with Gasteiger partial charge < -0.3 is 20.1 Å². The Balaban J connectivity index is 2.72. The van der Waals surface area contributed by atoms with E-state index in [-0.39, 0.29) is 6.61 Å². The highest BCUT2D eigenvalue weighted by Crippen LogP contribution is 2.22. The molecule has 0 radical (unpaired) electrons. The fraction of sp³-hybridized carbons (Fsp3) is 0.571. The first kappa shape index (κ1) is 15.0. The predicted octanol–water partition coefficient (Wildman–Crippen LogP) is 1.05. The van der Waals surface area contributed by atoms with Crippen LogP contribution in [0.4, 0.5) is 0 Å². The summed E-state index contributed by atoms with van der Waals surface area (Å²) in [5.41, 5.74) is 0.645. The molecular weight excluding hydrogens is 228 g/mol. The van der Waals surface area contributed by atoms with Gasteiger partial charge in [0.15, 0.2) is 0 Å². The number of likely N-dealkylation sites (N-methyl/N-ethyl adjacent to an activating group) is 1. The number of nitrogens with zero attached hydrogens (tertiary/aromatic N) is 1. The number of hydrogen-bond donors (Lipinski definition) is 2. The molecule has 0 saturated heterocycles. The van der Waals surface area contributed by atoms with Crippen LogP contribution in [0.1, 0.15) is 12.5 Å². The maximum atomic E-state index is 9.62. The normalized spacial score (nSPS) is 14.6. The van der Waals surface area contributed by atoms with Crippen molar-refractivity contribution in [1.29, 1.82) is 0 Å². The maximum absolute atomic E-state index is 9.62. The van der Waals surface area contributed by atoms with Crippen LogP contribution < -0.4 is 10.1 Å². The molecule has 18 heavy (non-hydrogen) atoms. The van der Waals surface area contributed by atoms with Crippen LogP contribution in [0.3, 0.4) is 0 Å². The lowest BCUT2D eigenvalue weighted by Crippen LogP contribution is -2.45. The summed E-state index contributed by atoms with van der Waals surface area (Å²) in [6.07, 6.45) is 0. The van der Waals surface area contributed by atoms with E-state index in [0.29, 0.717) is 0 Å². The van der Waals surface area contributed by atoms with Crippen LogP contribution in [0.25, 0.3) is 0 Å². The average molecular weight is 252 g/mol. The third kappa shape index (κ3) is 3.98. The minimum Gasteiger partial charge on any atom is -0.497 e. The van der Waals surface area contributed by atoms with Gasteiger partial charge in [0.05, 0.1) is 19.3 Å². The van der Waals surface area contributed by atoms with Crippen LogP contribution >= 0.6 is 0 Å². The monoisotopic (exact) mass is 252 g/mol. The Morgan fingerprint density at radius 1 is 1.28 bits per heavy atom. The van der Waals surface area contributed by atoms with Gasteiger partial charge in [-0.1, -0.05) is 12.1 Å². The largest absolute Gasteiger partial charge is 0.497 e. The molecule has 0 aliphatic heterocycles. The lowest BCUT2D eigenvalue weighted by molar-refractivity contribution is 0.172. The summed E-state index contributed by atoms with van der Waals surface area (Å²) < 4.78 is 5.14. The van der Waals surface area contributed by atoms with E-state index in [4.69, 9.17) is 4.74 Å². The van der Waals surface area contributed by atoms with Crippen molar-refractivity contribution >= 4 is 0 Å². The molecule has 1 rings (SSSR count). The van der Waals surface area contributed by atoms with E-state index >= 15 is 0 Å². The lowest BCUT2D eigenvalue weighted by atomic mass is 9.93. The van der Waals surface area contributed by atoms with Crippen molar-refractivity contribution in [1.82, 2.24) is 10.2 Å². The molecule has 0 aromatic heterocycles. The average Bonchev–Trinajstić information content (AvgIpc) is 2.38. The van der Waals surface area contributed by atoms with Crippen molar-refractivity contribution in [3.05, 3.63) is 29.8 Å². The topological polar surface area (TPSA) is 44.7 Å². The molecule has 0 aliphatic rings. The Morgan fingerprint density at radius 2 is 1.89 bits per heavy atom. The Hall–Kier alpha value is -1.10. The summed E-state index contributed by atoms with van der Waals surface area (Å²) in [5.74, 6) is 0.826. The van der Waals surface area contributed by atoms with Gasteiger partial charge in [0.2, 0.25) is 0 Å². The van der Waals surface area contributed by atoms with Crippen LogP contribution in [0.2, 0.25) is 0 Å². The smallest absolute Gasteiger partial charge is 0.118 e. The zero-order valence-corrected chi connectivity index (χ0v) is 11.7. The van der Waals surface area contributed by atoms with Crippen molar-refractivity contribution in [3.8, 4) is 5.75 Å². The van der Waals surface area contributed by atoms with Crippen molar-refractivity contribution in [2.24, 2.45) is 0 Å². The van der Waals surface area contributed by atoms with Gasteiger partial charge in [-0.05, 0) is 38.7 Å². The van der Waals surface area contributed by atoms with Gasteiger partial charge in [0, 0.05) is 13.1 Å². The minimum atomic E-state index is -0.414. The molecule has 1 unspecified atom stereocenters. The molecule has 0 saturated carbocycles. The van der Waals surface area contributed by atoms with Gasteiger partial charge in [-0.25, -0.2) is 0 Å². The van der Waals surface area contributed by atoms with E-state index in [1.165, 1.54) is 0 Å². The van der Waals surface area contributed by atoms with E-state index in [0.717, 1.165) is 24.4 Å². The molecule has 4 heteroatoms. The zero-order valence-electron chi connectivity index (χ0n) is 11.7. The van der Waals surface area contributed by atoms with E-state index in [1.54, 1.807) is 7.11 Å². The molecular formula is C14H24N2O2. The molecule has 0 bridgehead atoms. The number of methoxy groups -OCH3 is 1. The van der Waals surface area contributed by atoms with Gasteiger partial charge in [0.1, 0.15) is 5.75 Å². The Kier molecular flexibility index (Phi) is 5.59. The van der Waals surface area contributed by atoms with Gasteiger partial charge in [-0.15, -0.1) is 0 Å². The summed E-state index contributed by atoms with van der Waals surface area (Å²) in [4.78, 5) is 2.11. The van der Waals surface area contributed by atoms with Crippen LogP contribution in [-0.2, 0) is 5.54 Å². The van der Waals surface area contributed by atoms with E-state index < -0.39 is 5.54 Å². The quantitative estimate of drug-likeness (QED) is 0.761. The second kappa shape index (κ2) is 6.73. The first-order valence-corrected chi connectivity index (χ1v) is 6.17. The van der Waals surface area contributed by atoms with Gasteiger partial charge in [-0.3, -0.25) is 0 Å². The highest BCUT2D eigenvalue weighted by atomic mass is 16.5. The fourth-order valence-corrected chi connectivity index (χ4v) is 1.76. The summed E-state index contributed by atoms with van der Waals surface area (Å²) in [6.45, 7) is 3.83. The number of nitrogens with one attached hydrogen (secondary N) is 1. The first-order chi connectivity index (χ1) is 8.51. The first-order valence-electron chi connectivity index (χ1n) is 6.17. The van der Waals surface area contributed by atoms with Crippen molar-refractivity contribution in [2.45, 2.75) is 12.5 Å².